The molecule has 120 valence electrons. The minimum Gasteiger partial charge on any atom is -0.310 e. The third-order valence-corrected chi connectivity index (χ3v) is 5.92. The molecule has 0 spiro atoms. The van der Waals surface area contributed by atoms with Crippen molar-refractivity contribution < 1.29 is 0 Å². The summed E-state index contributed by atoms with van der Waals surface area (Å²) < 4.78 is 2.09. The predicted molar refractivity (Wildman–Crippen MR) is 96.5 cm³/mol. The van der Waals surface area contributed by atoms with Crippen molar-refractivity contribution in [2.45, 2.75) is 32.2 Å². The van der Waals surface area contributed by atoms with Crippen molar-refractivity contribution in [2.75, 3.05) is 0 Å². The second-order valence-electron chi connectivity index (χ2n) is 5.63. The molecule has 0 unspecified atom stereocenters. The van der Waals surface area contributed by atoms with Crippen molar-refractivity contribution in [3.05, 3.63) is 40.2 Å². The highest BCUT2D eigenvalue weighted by Gasteiger charge is 2.18. The number of allylic oxidation sites excluding steroid dienone is 1. The molecule has 0 aliphatic carbocycles. The van der Waals surface area contributed by atoms with Crippen LogP contribution in [0.4, 0.5) is 0 Å². The summed E-state index contributed by atoms with van der Waals surface area (Å²) >= 11 is 3.26. The predicted octanol–water partition coefficient (Wildman–Crippen LogP) is 4.25. The fourth-order valence-electron chi connectivity index (χ4n) is 2.84. The number of nitriles is 1. The van der Waals surface area contributed by atoms with E-state index in [1.807, 2.05) is 22.9 Å². The molecule has 4 rings (SSSR count). The van der Waals surface area contributed by atoms with Gasteiger partial charge >= 0.3 is 0 Å². The first-order valence-electron chi connectivity index (χ1n) is 7.89. The molecule has 0 fully saturated rings. The van der Waals surface area contributed by atoms with E-state index in [1.54, 1.807) is 22.7 Å². The summed E-state index contributed by atoms with van der Waals surface area (Å²) in [6.45, 7) is 0.883. The third kappa shape index (κ3) is 2.90. The maximum Gasteiger partial charge on any atom is 0.174 e. The molecule has 7 heteroatoms. The molecule has 0 atom stereocenters. The summed E-state index contributed by atoms with van der Waals surface area (Å²) in [5.41, 5.74) is 1.32. The Morgan fingerprint density at radius 2 is 2.21 bits per heavy atom. The van der Waals surface area contributed by atoms with E-state index in [4.69, 9.17) is 0 Å². The normalized spacial score (nSPS) is 14.9. The molecule has 3 aromatic rings. The van der Waals surface area contributed by atoms with E-state index in [0.29, 0.717) is 11.4 Å². The van der Waals surface area contributed by atoms with E-state index in [-0.39, 0.29) is 0 Å². The molecule has 1 aliphatic rings. The van der Waals surface area contributed by atoms with Crippen molar-refractivity contribution in [1.82, 2.24) is 19.7 Å². The van der Waals surface area contributed by atoms with Crippen molar-refractivity contribution in [2.24, 2.45) is 0 Å². The van der Waals surface area contributed by atoms with Crippen LogP contribution < -0.4 is 0 Å². The molecule has 0 radical (unpaired) electrons. The molecule has 0 amide bonds. The van der Waals surface area contributed by atoms with Gasteiger partial charge in [-0.05, 0) is 30.4 Å². The summed E-state index contributed by atoms with van der Waals surface area (Å²) in [5, 5.41) is 23.1. The highest BCUT2D eigenvalue weighted by molar-refractivity contribution is 7.20. The Kier molecular flexibility index (Phi) is 4.24. The molecular weight excluding hydrogens is 338 g/mol. The van der Waals surface area contributed by atoms with Crippen LogP contribution in [0.3, 0.4) is 0 Å². The topological polar surface area (TPSA) is 67.4 Å². The van der Waals surface area contributed by atoms with E-state index in [9.17, 15) is 5.26 Å². The molecule has 0 N–H and O–H groups in total. The van der Waals surface area contributed by atoms with Gasteiger partial charge in [0.2, 0.25) is 0 Å². The highest BCUT2D eigenvalue weighted by Crippen LogP contribution is 2.29. The quantitative estimate of drug-likeness (QED) is 0.660. The lowest BCUT2D eigenvalue weighted by Crippen LogP contribution is -2.05. The van der Waals surface area contributed by atoms with Gasteiger partial charge in [-0.25, -0.2) is 4.98 Å². The Balaban J connectivity index is 1.68. The van der Waals surface area contributed by atoms with Gasteiger partial charge < -0.3 is 4.57 Å². The van der Waals surface area contributed by atoms with Crippen molar-refractivity contribution in [3.8, 4) is 16.0 Å². The Morgan fingerprint density at radius 3 is 3.04 bits per heavy atom. The average molecular weight is 353 g/mol. The second-order valence-corrected chi connectivity index (χ2v) is 7.43. The first kappa shape index (κ1) is 15.2. The van der Waals surface area contributed by atoms with Crippen LogP contribution in [0.1, 0.15) is 36.6 Å². The van der Waals surface area contributed by atoms with E-state index in [1.165, 1.54) is 6.42 Å². The van der Waals surface area contributed by atoms with Gasteiger partial charge in [-0.2, -0.15) is 5.26 Å². The zero-order chi connectivity index (χ0) is 16.4. The molecule has 0 bridgehead atoms. The van der Waals surface area contributed by atoms with Crippen LogP contribution in [0, 0.1) is 11.3 Å². The number of hydrogen-bond acceptors (Lipinski definition) is 6. The van der Waals surface area contributed by atoms with Gasteiger partial charge in [0.1, 0.15) is 16.9 Å². The number of fused-ring (bicyclic) bond motifs is 1. The molecule has 24 heavy (non-hydrogen) atoms. The lowest BCUT2D eigenvalue weighted by Gasteiger charge is -2.05. The van der Waals surface area contributed by atoms with Gasteiger partial charge in [-0.3, -0.25) is 0 Å². The average Bonchev–Trinajstić information content (AvgIpc) is 3.31. The van der Waals surface area contributed by atoms with Gasteiger partial charge in [0.25, 0.3) is 0 Å². The van der Waals surface area contributed by atoms with Crippen molar-refractivity contribution in [1.29, 1.82) is 5.26 Å². The summed E-state index contributed by atoms with van der Waals surface area (Å²) in [5.74, 6) is 1.65. The van der Waals surface area contributed by atoms with Crippen molar-refractivity contribution >= 4 is 34.3 Å². The SMILES string of the molecule is N#CC(=Cc1csc(-c2cccs2)n1)c1nnc2n1CCCCC2. The number of hydrogen-bond donors (Lipinski definition) is 0. The third-order valence-electron chi connectivity index (χ3n) is 4.02. The summed E-state index contributed by atoms with van der Waals surface area (Å²) in [4.78, 5) is 5.77. The number of rotatable bonds is 3. The Labute approximate surface area is 147 Å². The van der Waals surface area contributed by atoms with Crippen LogP contribution in [0.2, 0.25) is 0 Å². The molecule has 4 heterocycles. The lowest BCUT2D eigenvalue weighted by molar-refractivity contribution is 0.627. The monoisotopic (exact) mass is 353 g/mol. The number of aromatic nitrogens is 4. The highest BCUT2D eigenvalue weighted by atomic mass is 32.1. The van der Waals surface area contributed by atoms with E-state index >= 15 is 0 Å². The van der Waals surface area contributed by atoms with Crippen LogP contribution in [0.15, 0.2) is 22.9 Å². The molecule has 0 saturated heterocycles. The Morgan fingerprint density at radius 1 is 1.25 bits per heavy atom. The minimum atomic E-state index is 0.527. The van der Waals surface area contributed by atoms with Gasteiger partial charge in [0, 0.05) is 18.3 Å². The summed E-state index contributed by atoms with van der Waals surface area (Å²) in [6, 6.07) is 6.35. The van der Waals surface area contributed by atoms with E-state index < -0.39 is 0 Å². The van der Waals surface area contributed by atoms with Crippen molar-refractivity contribution in [3.63, 3.8) is 0 Å². The number of nitrogens with zero attached hydrogens (tertiary/aromatic N) is 5. The number of aryl methyl sites for hydroxylation is 1. The standard InChI is InChI=1S/C17H15N5S2/c18-10-12(16-21-20-15-6-2-1-3-7-22(15)16)9-13-11-24-17(19-13)14-5-4-8-23-14/h4-5,8-9,11H,1-3,6-7H2. The minimum absolute atomic E-state index is 0.527. The lowest BCUT2D eigenvalue weighted by atomic mass is 10.2. The first-order valence-corrected chi connectivity index (χ1v) is 9.65. The van der Waals surface area contributed by atoms with Gasteiger partial charge in [-0.1, -0.05) is 12.5 Å². The van der Waals surface area contributed by atoms with Crippen LogP contribution in [-0.2, 0) is 13.0 Å². The van der Waals surface area contributed by atoms with Gasteiger partial charge in [-0.15, -0.1) is 32.9 Å². The number of thiazole rings is 1. The largest absolute Gasteiger partial charge is 0.310 e. The molecule has 5 nitrogen and oxygen atoms in total. The Bertz CT molecular complexity index is 911. The van der Waals surface area contributed by atoms with Crippen LogP contribution in [0.25, 0.3) is 21.5 Å². The Hall–Kier alpha value is -2.30. The maximum atomic E-state index is 9.60. The smallest absolute Gasteiger partial charge is 0.174 e. The molecule has 0 aromatic carbocycles. The summed E-state index contributed by atoms with van der Waals surface area (Å²) in [7, 11) is 0. The maximum absolute atomic E-state index is 9.60. The number of thiophene rings is 1. The van der Waals surface area contributed by atoms with Gasteiger partial charge in [0.15, 0.2) is 5.82 Å². The molecule has 0 saturated carbocycles. The van der Waals surface area contributed by atoms with Crippen LogP contribution in [-0.4, -0.2) is 19.7 Å². The zero-order valence-corrected chi connectivity index (χ0v) is 14.6. The summed E-state index contributed by atoms with van der Waals surface area (Å²) in [6.07, 6.45) is 6.20. The van der Waals surface area contributed by atoms with E-state index in [2.05, 4.69) is 31.9 Å². The first-order chi connectivity index (χ1) is 11.8. The van der Waals surface area contributed by atoms with Crippen LogP contribution in [0.5, 0.6) is 0 Å². The van der Waals surface area contributed by atoms with E-state index in [0.717, 1.165) is 47.2 Å². The zero-order valence-electron chi connectivity index (χ0n) is 13.0. The fourth-order valence-corrected chi connectivity index (χ4v) is 4.44. The molecule has 3 aromatic heterocycles. The fraction of sp³-hybridized carbons (Fsp3) is 0.294. The molecule has 1 aliphatic heterocycles. The second kappa shape index (κ2) is 6.67. The van der Waals surface area contributed by atoms with Gasteiger partial charge in [0.05, 0.1) is 16.1 Å². The molecular formula is C17H15N5S2. The van der Waals surface area contributed by atoms with Crippen LogP contribution >= 0.6 is 22.7 Å².